The maximum atomic E-state index is 5.78. The Labute approximate surface area is 137 Å². The molecule has 2 fully saturated rings. The number of piperidine rings is 1. The van der Waals surface area contributed by atoms with E-state index in [1.807, 2.05) is 0 Å². The molecule has 2 saturated heterocycles. The van der Waals surface area contributed by atoms with Crippen LogP contribution in [0.3, 0.4) is 0 Å². The van der Waals surface area contributed by atoms with Crippen molar-refractivity contribution in [2.75, 3.05) is 0 Å². The topological polar surface area (TPSA) is 66.3 Å². The summed E-state index contributed by atoms with van der Waals surface area (Å²) in [5.74, 6) is 1.13. The molecule has 0 aromatic heterocycles. The molecule has 2 aliphatic carbocycles. The second-order valence-corrected chi connectivity index (χ2v) is 7.32. The molecule has 4 aliphatic rings. The molecule has 2 aliphatic heterocycles. The van der Waals surface area contributed by atoms with Gasteiger partial charge in [-0.3, -0.25) is 0 Å². The first-order valence-electron chi connectivity index (χ1n) is 8.29. The lowest BCUT2D eigenvalue weighted by Crippen LogP contribution is -2.50. The summed E-state index contributed by atoms with van der Waals surface area (Å²) in [6.07, 6.45) is 4.62. The quantitative estimate of drug-likeness (QED) is 0.526. The average molecular weight is 309 g/mol. The van der Waals surface area contributed by atoms with Gasteiger partial charge in [-0.05, 0) is 60.8 Å². The van der Waals surface area contributed by atoms with Crippen molar-refractivity contribution in [1.82, 2.24) is 4.90 Å². The van der Waals surface area contributed by atoms with Gasteiger partial charge in [0, 0.05) is 18.8 Å². The number of benzene rings is 1. The molecule has 2 N–H and O–H groups in total. The molecule has 2 unspecified atom stereocenters. The van der Waals surface area contributed by atoms with Crippen molar-refractivity contribution >= 4 is 18.5 Å². The van der Waals surface area contributed by atoms with E-state index in [0.717, 1.165) is 12.8 Å². The van der Waals surface area contributed by atoms with Gasteiger partial charge in [0.25, 0.3) is 0 Å². The van der Waals surface area contributed by atoms with E-state index in [1.165, 1.54) is 29.5 Å². The maximum absolute atomic E-state index is 5.78. The van der Waals surface area contributed by atoms with Gasteiger partial charge in [0.05, 0.1) is 5.84 Å². The summed E-state index contributed by atoms with van der Waals surface area (Å²) in [5.41, 5.74) is 10.5. The third-order valence-corrected chi connectivity index (χ3v) is 5.56. The zero-order valence-corrected chi connectivity index (χ0v) is 13.8. The molecule has 0 aromatic rings. The van der Waals surface area contributed by atoms with Crippen LogP contribution in [0.2, 0.25) is 0 Å². The van der Waals surface area contributed by atoms with Crippen molar-refractivity contribution in [1.29, 1.82) is 0 Å². The number of nitrogens with zero attached hydrogens (tertiary/aromatic N) is 4. The van der Waals surface area contributed by atoms with E-state index in [2.05, 4.69) is 51.9 Å². The fourth-order valence-electron chi connectivity index (χ4n) is 4.66. The minimum atomic E-state index is 0.247. The summed E-state index contributed by atoms with van der Waals surface area (Å²) in [6, 6.07) is 7.77. The summed E-state index contributed by atoms with van der Waals surface area (Å²) in [7, 11) is 0. The third-order valence-electron chi connectivity index (χ3n) is 5.56. The summed E-state index contributed by atoms with van der Waals surface area (Å²) in [6.45, 7) is 7.68. The lowest BCUT2D eigenvalue weighted by atomic mass is 9.72. The number of nitrogens with two attached hydrogens (primary N) is 1. The Morgan fingerprint density at radius 3 is 2.48 bits per heavy atom. The number of guanidine groups is 1. The third kappa shape index (κ3) is 2.26. The fourth-order valence-corrected chi connectivity index (χ4v) is 4.66. The number of amidine groups is 1. The minimum Gasteiger partial charge on any atom is -0.387 e. The molecule has 0 radical (unpaired) electrons. The van der Waals surface area contributed by atoms with E-state index in [0.29, 0.717) is 23.9 Å². The van der Waals surface area contributed by atoms with Crippen LogP contribution in [0.5, 0.6) is 0 Å². The standard InChI is InChI=1S/C18H23N5/c1-11(19)21-17(22-20-3)23-13-5-6-14(23)10-18(2,9-13)16-7-4-12-8-15(12)16/h4,7-8,13-14H,3,5-6,9-10H2,1-2H3,(H2,19,21,22). The highest BCUT2D eigenvalue weighted by Crippen LogP contribution is 2.52. The van der Waals surface area contributed by atoms with Gasteiger partial charge in [-0.15, -0.1) is 5.10 Å². The van der Waals surface area contributed by atoms with Crippen LogP contribution in [0.1, 0.15) is 45.1 Å². The van der Waals surface area contributed by atoms with E-state index in [-0.39, 0.29) is 5.41 Å². The molecular formula is C18H23N5. The molecule has 0 aromatic carbocycles. The van der Waals surface area contributed by atoms with Crippen LogP contribution in [-0.2, 0) is 5.41 Å². The molecule has 120 valence electrons. The highest BCUT2D eigenvalue weighted by atomic mass is 15.4. The molecule has 0 saturated carbocycles. The first-order chi connectivity index (χ1) is 11.0. The lowest BCUT2D eigenvalue weighted by Gasteiger charge is -2.45. The maximum Gasteiger partial charge on any atom is 0.247 e. The smallest absolute Gasteiger partial charge is 0.247 e. The molecule has 2 bridgehead atoms. The zero-order valence-electron chi connectivity index (χ0n) is 13.8. The van der Waals surface area contributed by atoms with Crippen LogP contribution in [0.25, 0.3) is 11.1 Å². The van der Waals surface area contributed by atoms with Crippen molar-refractivity contribution < 1.29 is 0 Å². The summed E-state index contributed by atoms with van der Waals surface area (Å²) < 4.78 is 0. The minimum absolute atomic E-state index is 0.247. The fraction of sp³-hybridized carbons (Fsp3) is 0.500. The molecule has 0 spiro atoms. The van der Waals surface area contributed by atoms with Gasteiger partial charge in [-0.25, -0.2) is 0 Å². The number of hydrogen-bond donors (Lipinski definition) is 1. The summed E-state index contributed by atoms with van der Waals surface area (Å²) in [5, 5.41) is 7.85. The molecular weight excluding hydrogens is 286 g/mol. The second kappa shape index (κ2) is 4.91. The van der Waals surface area contributed by atoms with Gasteiger partial charge in [-0.1, -0.05) is 19.1 Å². The van der Waals surface area contributed by atoms with E-state index < -0.39 is 0 Å². The first-order valence-corrected chi connectivity index (χ1v) is 8.29. The van der Waals surface area contributed by atoms with E-state index in [9.17, 15) is 0 Å². The summed E-state index contributed by atoms with van der Waals surface area (Å²) in [4.78, 5) is 6.73. The van der Waals surface area contributed by atoms with Crippen LogP contribution in [0.15, 0.2) is 33.4 Å². The van der Waals surface area contributed by atoms with Gasteiger partial charge in [0.2, 0.25) is 5.96 Å². The molecule has 23 heavy (non-hydrogen) atoms. The van der Waals surface area contributed by atoms with Gasteiger partial charge in [0.15, 0.2) is 0 Å². The molecule has 2 atom stereocenters. The second-order valence-electron chi connectivity index (χ2n) is 7.32. The Kier molecular flexibility index (Phi) is 3.08. The Morgan fingerprint density at radius 1 is 1.30 bits per heavy atom. The van der Waals surface area contributed by atoms with Gasteiger partial charge in [-0.2, -0.15) is 10.1 Å². The zero-order chi connectivity index (χ0) is 16.2. The Hall–Kier alpha value is -2.17. The van der Waals surface area contributed by atoms with Crippen molar-refractivity contribution in [3.63, 3.8) is 0 Å². The Morgan fingerprint density at radius 2 is 2.00 bits per heavy atom. The number of fused-ring (bicyclic) bond motifs is 3. The van der Waals surface area contributed by atoms with Crippen molar-refractivity contribution in [2.45, 2.75) is 57.0 Å². The van der Waals surface area contributed by atoms with Crippen LogP contribution in [-0.4, -0.2) is 35.5 Å². The van der Waals surface area contributed by atoms with Crippen molar-refractivity contribution in [3.05, 3.63) is 23.8 Å². The van der Waals surface area contributed by atoms with Crippen molar-refractivity contribution in [2.24, 2.45) is 20.9 Å². The molecule has 5 heteroatoms. The molecule has 2 heterocycles. The predicted octanol–water partition coefficient (Wildman–Crippen LogP) is 2.90. The van der Waals surface area contributed by atoms with E-state index in [4.69, 9.17) is 5.73 Å². The monoisotopic (exact) mass is 309 g/mol. The summed E-state index contributed by atoms with van der Waals surface area (Å²) >= 11 is 0. The van der Waals surface area contributed by atoms with Gasteiger partial charge >= 0.3 is 0 Å². The predicted molar refractivity (Wildman–Crippen MR) is 95.0 cm³/mol. The highest BCUT2D eigenvalue weighted by Gasteiger charge is 2.49. The largest absolute Gasteiger partial charge is 0.387 e. The molecule has 0 amide bonds. The molecule has 4 rings (SSSR count). The normalized spacial score (nSPS) is 32.2. The van der Waals surface area contributed by atoms with Crippen LogP contribution >= 0.6 is 0 Å². The molecule has 5 nitrogen and oxygen atoms in total. The number of rotatable bonds is 2. The number of aliphatic imine (C=N–C) groups is 1. The van der Waals surface area contributed by atoms with Crippen molar-refractivity contribution in [3.8, 4) is 11.1 Å². The van der Waals surface area contributed by atoms with E-state index in [1.54, 1.807) is 6.92 Å². The van der Waals surface area contributed by atoms with Crippen LogP contribution in [0, 0.1) is 0 Å². The average Bonchev–Trinajstić information content (AvgIpc) is 3.02. The Bertz CT molecular complexity index is 715. The van der Waals surface area contributed by atoms with E-state index >= 15 is 0 Å². The number of hydrogen-bond acceptors (Lipinski definition) is 2. The highest BCUT2D eigenvalue weighted by molar-refractivity contribution is 5.94. The SMILES string of the molecule is C=NN=C(N=C(C)N)N1C2CCC1CC(C)(c1ccc3cc1-3)C2. The first kappa shape index (κ1) is 14.4. The Balaban J connectivity index is 1.63. The van der Waals surface area contributed by atoms with Crippen LogP contribution in [0.4, 0.5) is 0 Å². The van der Waals surface area contributed by atoms with Gasteiger partial charge < -0.3 is 10.6 Å². The lowest BCUT2D eigenvalue weighted by molar-refractivity contribution is 0.160. The van der Waals surface area contributed by atoms with Crippen LogP contribution < -0.4 is 5.73 Å². The van der Waals surface area contributed by atoms with Gasteiger partial charge in [0.1, 0.15) is 0 Å².